The van der Waals surface area contributed by atoms with Crippen LogP contribution in [0.5, 0.6) is 17.2 Å². The summed E-state index contributed by atoms with van der Waals surface area (Å²) >= 11 is 0. The molecule has 1 heterocycles. The van der Waals surface area contributed by atoms with Gasteiger partial charge in [0.25, 0.3) is 0 Å². The molecule has 0 fully saturated rings. The van der Waals surface area contributed by atoms with Crippen molar-refractivity contribution in [1.82, 2.24) is 5.32 Å². The molecule has 0 radical (unpaired) electrons. The number of rotatable bonds is 6. The molecule has 0 spiro atoms. The smallest absolute Gasteiger partial charge is 0.188 e. The Bertz CT molecular complexity index is 716. The molecular weight excluding hydrogens is 318 g/mol. The average molecular weight is 341 g/mol. The van der Waals surface area contributed by atoms with Crippen LogP contribution in [-0.2, 0) is 6.42 Å². The first-order chi connectivity index (χ1) is 12.2. The predicted molar refractivity (Wildman–Crippen MR) is 97.5 cm³/mol. The summed E-state index contributed by atoms with van der Waals surface area (Å²) in [6.07, 6.45) is 0.730. The van der Waals surface area contributed by atoms with Crippen LogP contribution in [0.3, 0.4) is 0 Å². The van der Waals surface area contributed by atoms with E-state index in [1.807, 2.05) is 48.5 Å². The maximum atomic E-state index is 5.92. The number of hydrogen-bond acceptors (Lipinski definition) is 4. The van der Waals surface area contributed by atoms with Gasteiger partial charge in [-0.25, -0.2) is 4.99 Å². The molecule has 0 amide bonds. The number of hydrogen-bond donors (Lipinski definition) is 2. The van der Waals surface area contributed by atoms with Crippen molar-refractivity contribution >= 4 is 5.96 Å². The van der Waals surface area contributed by atoms with Crippen molar-refractivity contribution in [2.45, 2.75) is 12.5 Å². The van der Waals surface area contributed by atoms with Gasteiger partial charge in [0.1, 0.15) is 12.4 Å². The largest absolute Gasteiger partial charge is 0.497 e. The molecule has 2 aromatic carbocycles. The Kier molecular flexibility index (Phi) is 5.61. The van der Waals surface area contributed by atoms with Crippen LogP contribution in [0.25, 0.3) is 0 Å². The van der Waals surface area contributed by atoms with Crippen molar-refractivity contribution < 1.29 is 14.2 Å². The van der Waals surface area contributed by atoms with Gasteiger partial charge in [0.05, 0.1) is 13.7 Å². The fourth-order valence-electron chi connectivity index (χ4n) is 2.54. The summed E-state index contributed by atoms with van der Waals surface area (Å²) in [6, 6.07) is 15.6. The molecule has 3 N–H and O–H groups in total. The van der Waals surface area contributed by atoms with E-state index < -0.39 is 0 Å². The highest BCUT2D eigenvalue weighted by atomic mass is 16.6. The topological polar surface area (TPSA) is 78.1 Å². The summed E-state index contributed by atoms with van der Waals surface area (Å²) in [5.41, 5.74) is 7.13. The van der Waals surface area contributed by atoms with E-state index in [0.717, 1.165) is 23.7 Å². The standard InChI is InChI=1S/C19H23N3O3/c1-23-15-8-6-14(7-9-15)10-11-21-19(20)22-12-16-13-24-17-4-2-3-5-18(17)25-16/h2-9,16H,10-13H2,1H3,(H3,20,21,22)/t16-/m1/s1. The number of ether oxygens (including phenoxy) is 3. The van der Waals surface area contributed by atoms with Crippen LogP contribution in [0.1, 0.15) is 5.56 Å². The average Bonchev–Trinajstić information content (AvgIpc) is 2.67. The Labute approximate surface area is 147 Å². The van der Waals surface area contributed by atoms with Gasteiger partial charge in [0, 0.05) is 6.54 Å². The minimum atomic E-state index is -0.128. The van der Waals surface area contributed by atoms with Crippen molar-refractivity contribution in [3.05, 3.63) is 54.1 Å². The summed E-state index contributed by atoms with van der Waals surface area (Å²) in [6.45, 7) is 1.64. The predicted octanol–water partition coefficient (Wildman–Crippen LogP) is 1.98. The molecule has 2 aromatic rings. The lowest BCUT2D eigenvalue weighted by Crippen LogP contribution is -2.36. The van der Waals surface area contributed by atoms with Crippen LogP contribution < -0.4 is 25.3 Å². The molecule has 1 aliphatic heterocycles. The molecule has 0 aliphatic carbocycles. The monoisotopic (exact) mass is 341 g/mol. The van der Waals surface area contributed by atoms with E-state index in [-0.39, 0.29) is 6.10 Å². The highest BCUT2D eigenvalue weighted by molar-refractivity contribution is 5.77. The van der Waals surface area contributed by atoms with Gasteiger partial charge in [0.2, 0.25) is 0 Å². The summed E-state index contributed by atoms with van der Waals surface area (Å²) in [7, 11) is 1.66. The Morgan fingerprint density at radius 1 is 1.20 bits per heavy atom. The number of methoxy groups -OCH3 is 1. The highest BCUT2D eigenvalue weighted by Crippen LogP contribution is 2.30. The molecule has 6 heteroatoms. The molecule has 0 bridgehead atoms. The maximum Gasteiger partial charge on any atom is 0.188 e. The lowest BCUT2D eigenvalue weighted by molar-refractivity contribution is 0.0972. The molecule has 0 saturated heterocycles. The lowest BCUT2D eigenvalue weighted by Gasteiger charge is -2.25. The maximum absolute atomic E-state index is 5.92. The van der Waals surface area contributed by atoms with Crippen LogP contribution in [0.15, 0.2) is 53.5 Å². The number of nitrogens with one attached hydrogen (secondary N) is 1. The van der Waals surface area contributed by atoms with E-state index >= 15 is 0 Å². The molecule has 0 unspecified atom stereocenters. The quantitative estimate of drug-likeness (QED) is 0.620. The zero-order chi connectivity index (χ0) is 17.5. The van der Waals surface area contributed by atoms with Gasteiger partial charge < -0.3 is 25.3 Å². The molecule has 132 valence electrons. The van der Waals surface area contributed by atoms with Gasteiger partial charge in [-0.3, -0.25) is 0 Å². The fraction of sp³-hybridized carbons (Fsp3) is 0.316. The third-order valence-electron chi connectivity index (χ3n) is 3.91. The molecule has 25 heavy (non-hydrogen) atoms. The Morgan fingerprint density at radius 3 is 2.72 bits per heavy atom. The third kappa shape index (κ3) is 4.79. The first-order valence-electron chi connectivity index (χ1n) is 8.30. The van der Waals surface area contributed by atoms with E-state index in [0.29, 0.717) is 25.7 Å². The number of nitrogens with zero attached hydrogens (tertiary/aromatic N) is 1. The molecule has 1 aliphatic rings. The Hall–Kier alpha value is -2.89. The van der Waals surface area contributed by atoms with Gasteiger partial charge in [-0.05, 0) is 36.2 Å². The molecule has 1 atom stereocenters. The Morgan fingerprint density at radius 2 is 1.96 bits per heavy atom. The van der Waals surface area contributed by atoms with Crippen molar-refractivity contribution in [3.8, 4) is 17.2 Å². The van der Waals surface area contributed by atoms with Crippen molar-refractivity contribution in [3.63, 3.8) is 0 Å². The number of guanidine groups is 1. The van der Waals surface area contributed by atoms with Crippen LogP contribution in [-0.4, -0.2) is 38.9 Å². The van der Waals surface area contributed by atoms with Crippen molar-refractivity contribution in [1.29, 1.82) is 0 Å². The summed E-state index contributed by atoms with van der Waals surface area (Å²) in [5, 5.41) is 3.12. The normalized spacial score (nSPS) is 16.4. The molecule has 3 rings (SSSR count). The minimum Gasteiger partial charge on any atom is -0.497 e. The van der Waals surface area contributed by atoms with Crippen molar-refractivity contribution in [2.75, 3.05) is 26.8 Å². The van der Waals surface area contributed by atoms with Gasteiger partial charge in [0.15, 0.2) is 23.6 Å². The number of para-hydroxylation sites is 2. The first kappa shape index (κ1) is 17.0. The highest BCUT2D eigenvalue weighted by Gasteiger charge is 2.20. The van der Waals surface area contributed by atoms with Gasteiger partial charge in [-0.1, -0.05) is 24.3 Å². The van der Waals surface area contributed by atoms with E-state index in [4.69, 9.17) is 19.9 Å². The summed E-state index contributed by atoms with van der Waals surface area (Å²) < 4.78 is 16.7. The fourth-order valence-corrected chi connectivity index (χ4v) is 2.54. The SMILES string of the molecule is COc1ccc(CCNC(N)=NC[C@@H]2COc3ccccc3O2)cc1. The van der Waals surface area contributed by atoms with Crippen molar-refractivity contribution in [2.24, 2.45) is 10.7 Å². The Balaban J connectivity index is 1.41. The van der Waals surface area contributed by atoms with E-state index in [1.54, 1.807) is 7.11 Å². The minimum absolute atomic E-state index is 0.128. The second kappa shape index (κ2) is 8.28. The summed E-state index contributed by atoms with van der Waals surface area (Å²) in [4.78, 5) is 4.34. The molecule has 0 aromatic heterocycles. The molecular formula is C19H23N3O3. The number of aliphatic imine (C=N–C) groups is 1. The zero-order valence-corrected chi connectivity index (χ0v) is 14.3. The number of fused-ring (bicyclic) bond motifs is 1. The van der Waals surface area contributed by atoms with Crippen LogP contribution in [0.4, 0.5) is 0 Å². The van der Waals surface area contributed by atoms with E-state index in [9.17, 15) is 0 Å². The second-order valence-corrected chi connectivity index (χ2v) is 5.75. The third-order valence-corrected chi connectivity index (χ3v) is 3.91. The second-order valence-electron chi connectivity index (χ2n) is 5.75. The molecule has 0 saturated carbocycles. The van der Waals surface area contributed by atoms with E-state index in [1.165, 1.54) is 5.56 Å². The van der Waals surface area contributed by atoms with Crippen LogP contribution in [0, 0.1) is 0 Å². The zero-order valence-electron chi connectivity index (χ0n) is 14.3. The number of benzene rings is 2. The van der Waals surface area contributed by atoms with Gasteiger partial charge >= 0.3 is 0 Å². The van der Waals surface area contributed by atoms with Crippen LogP contribution >= 0.6 is 0 Å². The van der Waals surface area contributed by atoms with Gasteiger partial charge in [-0.2, -0.15) is 0 Å². The van der Waals surface area contributed by atoms with Crippen LogP contribution in [0.2, 0.25) is 0 Å². The van der Waals surface area contributed by atoms with E-state index in [2.05, 4.69) is 10.3 Å². The number of nitrogens with two attached hydrogens (primary N) is 1. The molecule has 6 nitrogen and oxygen atoms in total. The van der Waals surface area contributed by atoms with Gasteiger partial charge in [-0.15, -0.1) is 0 Å². The first-order valence-corrected chi connectivity index (χ1v) is 8.30. The summed E-state index contributed by atoms with van der Waals surface area (Å²) in [5.74, 6) is 2.79. The lowest BCUT2D eigenvalue weighted by atomic mass is 10.1.